The molecule has 1 aliphatic heterocycles. The molecule has 0 saturated carbocycles. The molecule has 2 N–H and O–H groups in total. The van der Waals surface area contributed by atoms with Crippen LogP contribution in [0.3, 0.4) is 0 Å². The Labute approximate surface area is 122 Å². The van der Waals surface area contributed by atoms with Crippen molar-refractivity contribution in [3.8, 4) is 0 Å². The SMILES string of the molecule is COC(=O)C(O)N1CC(C)(C)CN(C(O)C(=O)OC)C1=O. The molecule has 2 atom stereocenters. The monoisotopic (exact) mass is 304 g/mol. The lowest BCUT2D eigenvalue weighted by molar-refractivity contribution is -0.168. The maximum atomic E-state index is 12.3. The van der Waals surface area contributed by atoms with Crippen molar-refractivity contribution in [3.63, 3.8) is 0 Å². The van der Waals surface area contributed by atoms with E-state index in [9.17, 15) is 24.6 Å². The molecular weight excluding hydrogens is 284 g/mol. The van der Waals surface area contributed by atoms with Gasteiger partial charge in [-0.25, -0.2) is 14.4 Å². The molecule has 9 nitrogen and oxygen atoms in total. The van der Waals surface area contributed by atoms with Gasteiger partial charge in [0, 0.05) is 18.5 Å². The van der Waals surface area contributed by atoms with Crippen molar-refractivity contribution in [2.45, 2.75) is 26.3 Å². The highest BCUT2D eigenvalue weighted by molar-refractivity contribution is 5.86. The number of amides is 2. The Bertz CT molecular complexity index is 401. The maximum Gasteiger partial charge on any atom is 0.356 e. The molecule has 1 aliphatic rings. The van der Waals surface area contributed by atoms with Gasteiger partial charge in [-0.2, -0.15) is 0 Å². The number of ether oxygens (including phenoxy) is 2. The first-order valence-electron chi connectivity index (χ1n) is 6.23. The number of methoxy groups -OCH3 is 2. The third-order valence-corrected chi connectivity index (χ3v) is 3.10. The number of rotatable bonds is 4. The van der Waals surface area contributed by atoms with Gasteiger partial charge in [-0.05, 0) is 0 Å². The standard InChI is InChI=1S/C12H20N2O7/c1-12(2)5-13(7(15)9(17)20-3)11(19)14(6-12)8(16)10(18)21-4/h7-8,15-16H,5-6H2,1-4H3. The number of hydrogen-bond acceptors (Lipinski definition) is 7. The molecule has 2 amide bonds. The van der Waals surface area contributed by atoms with E-state index in [4.69, 9.17) is 0 Å². The van der Waals surface area contributed by atoms with Crippen molar-refractivity contribution in [2.24, 2.45) is 5.41 Å². The number of esters is 2. The van der Waals surface area contributed by atoms with Crippen LogP contribution in [0.5, 0.6) is 0 Å². The van der Waals surface area contributed by atoms with Crippen molar-refractivity contribution < 1.29 is 34.1 Å². The van der Waals surface area contributed by atoms with Gasteiger partial charge < -0.3 is 19.7 Å². The van der Waals surface area contributed by atoms with Crippen LogP contribution in [0.2, 0.25) is 0 Å². The smallest absolute Gasteiger partial charge is 0.356 e. The van der Waals surface area contributed by atoms with Gasteiger partial charge in [-0.3, -0.25) is 9.80 Å². The third kappa shape index (κ3) is 3.61. The van der Waals surface area contributed by atoms with E-state index >= 15 is 0 Å². The molecule has 0 aromatic rings. The van der Waals surface area contributed by atoms with Crippen LogP contribution in [0.1, 0.15) is 13.8 Å². The first-order chi connectivity index (χ1) is 9.64. The third-order valence-electron chi connectivity index (χ3n) is 3.10. The highest BCUT2D eigenvalue weighted by Gasteiger charge is 2.45. The second-order valence-corrected chi connectivity index (χ2v) is 5.50. The van der Waals surface area contributed by atoms with E-state index < -0.39 is 35.8 Å². The summed E-state index contributed by atoms with van der Waals surface area (Å²) in [7, 11) is 2.15. The second kappa shape index (κ2) is 6.27. The minimum atomic E-state index is -1.81. The zero-order chi connectivity index (χ0) is 16.4. The fourth-order valence-corrected chi connectivity index (χ4v) is 2.12. The van der Waals surface area contributed by atoms with Gasteiger partial charge in [0.25, 0.3) is 0 Å². The number of carbonyl (C=O) groups excluding carboxylic acids is 3. The van der Waals surface area contributed by atoms with Crippen LogP contribution in [0.15, 0.2) is 0 Å². The molecule has 0 radical (unpaired) electrons. The maximum absolute atomic E-state index is 12.3. The largest absolute Gasteiger partial charge is 0.466 e. The minimum absolute atomic E-state index is 0.0620. The summed E-state index contributed by atoms with van der Waals surface area (Å²) in [6.07, 6.45) is -3.62. The van der Waals surface area contributed by atoms with E-state index in [0.717, 1.165) is 24.0 Å². The number of hydrogen-bond donors (Lipinski definition) is 2. The molecule has 2 unspecified atom stereocenters. The fourth-order valence-electron chi connectivity index (χ4n) is 2.12. The normalized spacial score (nSPS) is 20.8. The Kier molecular flexibility index (Phi) is 5.13. The van der Waals surface area contributed by atoms with Crippen LogP contribution in [0.4, 0.5) is 4.79 Å². The summed E-state index contributed by atoms with van der Waals surface area (Å²) in [5.74, 6) is -2.01. The summed E-state index contributed by atoms with van der Waals surface area (Å²) in [6, 6.07) is -0.856. The number of carbonyl (C=O) groups is 3. The molecule has 9 heteroatoms. The highest BCUT2D eigenvalue weighted by atomic mass is 16.5. The molecule has 1 rings (SSSR count). The van der Waals surface area contributed by atoms with E-state index in [0.29, 0.717) is 0 Å². The minimum Gasteiger partial charge on any atom is -0.466 e. The molecule has 21 heavy (non-hydrogen) atoms. The van der Waals surface area contributed by atoms with Crippen molar-refractivity contribution in [1.82, 2.24) is 9.80 Å². The van der Waals surface area contributed by atoms with Gasteiger partial charge in [-0.1, -0.05) is 13.8 Å². The van der Waals surface area contributed by atoms with Gasteiger partial charge >= 0.3 is 18.0 Å². The quantitative estimate of drug-likeness (QED) is 0.622. The summed E-state index contributed by atoms with van der Waals surface area (Å²) in [5.41, 5.74) is -0.572. The lowest BCUT2D eigenvalue weighted by Gasteiger charge is -2.45. The van der Waals surface area contributed by atoms with E-state index in [1.807, 2.05) is 0 Å². The molecule has 120 valence electrons. The van der Waals surface area contributed by atoms with Gasteiger partial charge in [-0.15, -0.1) is 0 Å². The molecule has 0 bridgehead atoms. The fraction of sp³-hybridized carbons (Fsp3) is 0.750. The molecule has 0 spiro atoms. The molecular formula is C12H20N2O7. The van der Waals surface area contributed by atoms with Gasteiger partial charge in [0.15, 0.2) is 0 Å². The van der Waals surface area contributed by atoms with Crippen LogP contribution < -0.4 is 0 Å². The first kappa shape index (κ1) is 17.2. The highest BCUT2D eigenvalue weighted by Crippen LogP contribution is 2.28. The summed E-state index contributed by atoms with van der Waals surface area (Å²) < 4.78 is 8.78. The predicted octanol–water partition coefficient (Wildman–Crippen LogP) is -1.27. The zero-order valence-electron chi connectivity index (χ0n) is 12.4. The Hall–Kier alpha value is -1.87. The Morgan fingerprint density at radius 2 is 1.38 bits per heavy atom. The molecule has 1 heterocycles. The zero-order valence-corrected chi connectivity index (χ0v) is 12.4. The number of nitrogens with zero attached hydrogens (tertiary/aromatic N) is 2. The molecule has 0 aromatic heterocycles. The van der Waals surface area contributed by atoms with Crippen LogP contribution in [0.25, 0.3) is 0 Å². The average molecular weight is 304 g/mol. The van der Waals surface area contributed by atoms with E-state index in [1.54, 1.807) is 13.8 Å². The van der Waals surface area contributed by atoms with Crippen molar-refractivity contribution >= 4 is 18.0 Å². The van der Waals surface area contributed by atoms with Crippen molar-refractivity contribution in [3.05, 3.63) is 0 Å². The van der Waals surface area contributed by atoms with E-state index in [-0.39, 0.29) is 13.1 Å². The first-order valence-corrected chi connectivity index (χ1v) is 6.23. The Morgan fingerprint density at radius 3 is 1.67 bits per heavy atom. The van der Waals surface area contributed by atoms with Crippen LogP contribution in [0, 0.1) is 5.41 Å². The second-order valence-electron chi connectivity index (χ2n) is 5.50. The molecule has 0 aliphatic carbocycles. The lowest BCUT2D eigenvalue weighted by Crippen LogP contribution is -2.64. The topological polar surface area (TPSA) is 117 Å². The van der Waals surface area contributed by atoms with E-state index in [2.05, 4.69) is 9.47 Å². The van der Waals surface area contributed by atoms with Gasteiger partial charge in [0.05, 0.1) is 14.2 Å². The summed E-state index contributed by atoms with van der Waals surface area (Å²) >= 11 is 0. The number of urea groups is 1. The van der Waals surface area contributed by atoms with Crippen LogP contribution in [-0.4, -0.2) is 77.7 Å². The van der Waals surface area contributed by atoms with E-state index in [1.165, 1.54) is 0 Å². The average Bonchev–Trinajstić information content (AvgIpc) is 2.45. The van der Waals surface area contributed by atoms with Gasteiger partial charge in [0.1, 0.15) is 0 Å². The summed E-state index contributed by atoms with van der Waals surface area (Å²) in [6.45, 7) is 3.64. The Balaban J connectivity index is 3.04. The summed E-state index contributed by atoms with van der Waals surface area (Å²) in [5, 5.41) is 19.7. The molecule has 0 aromatic carbocycles. The summed E-state index contributed by atoms with van der Waals surface area (Å²) in [4.78, 5) is 36.7. The lowest BCUT2D eigenvalue weighted by atomic mass is 9.90. The van der Waals surface area contributed by atoms with Crippen LogP contribution in [-0.2, 0) is 19.1 Å². The predicted molar refractivity (Wildman–Crippen MR) is 68.6 cm³/mol. The molecule has 1 fully saturated rings. The van der Waals surface area contributed by atoms with Crippen LogP contribution >= 0.6 is 0 Å². The van der Waals surface area contributed by atoms with Crippen molar-refractivity contribution in [1.29, 1.82) is 0 Å². The number of aliphatic hydroxyl groups excluding tert-OH is 2. The Morgan fingerprint density at radius 1 is 1.05 bits per heavy atom. The van der Waals surface area contributed by atoms with Crippen molar-refractivity contribution in [2.75, 3.05) is 27.3 Å². The van der Waals surface area contributed by atoms with Gasteiger partial charge in [0.2, 0.25) is 12.5 Å². The molecule has 1 saturated heterocycles. The number of aliphatic hydroxyl groups is 2.